The van der Waals surface area contributed by atoms with Gasteiger partial charge in [-0.15, -0.1) is 0 Å². The van der Waals surface area contributed by atoms with Crippen molar-refractivity contribution in [3.05, 3.63) is 47.4 Å². The number of rotatable bonds is 2. The molecule has 5 heteroatoms. The number of aromatic nitrogens is 2. The molecule has 2 aromatic rings. The van der Waals surface area contributed by atoms with Gasteiger partial charge in [0, 0.05) is 31.4 Å². The summed E-state index contributed by atoms with van der Waals surface area (Å²) in [4.78, 5) is 26.0. The molecule has 0 atom stereocenters. The van der Waals surface area contributed by atoms with Gasteiger partial charge in [0.15, 0.2) is 0 Å². The fourth-order valence-corrected chi connectivity index (χ4v) is 3.75. The van der Waals surface area contributed by atoms with Crippen LogP contribution in [0, 0.1) is 12.8 Å². The second-order valence-corrected chi connectivity index (χ2v) is 7.16. The summed E-state index contributed by atoms with van der Waals surface area (Å²) in [6.07, 6.45) is 3.15. The summed E-state index contributed by atoms with van der Waals surface area (Å²) in [5.74, 6) is 2.21. The van der Waals surface area contributed by atoms with Crippen LogP contribution >= 0.6 is 0 Å². The van der Waals surface area contributed by atoms with Gasteiger partial charge in [0.2, 0.25) is 0 Å². The van der Waals surface area contributed by atoms with Gasteiger partial charge in [-0.1, -0.05) is 25.1 Å². The number of nitrogens with zero attached hydrogens (tertiary/aromatic N) is 4. The molecule has 0 aliphatic carbocycles. The van der Waals surface area contributed by atoms with Crippen LogP contribution in [0.4, 0.5) is 11.5 Å². The van der Waals surface area contributed by atoms with Gasteiger partial charge in [0.25, 0.3) is 5.91 Å². The SMILES string of the molecule is Cc1nc(C(=O)N2CCC(C)CC2)cc(N2CCc3ccccc32)n1. The van der Waals surface area contributed by atoms with Crippen LogP contribution in [-0.4, -0.2) is 40.4 Å². The second kappa shape index (κ2) is 6.47. The molecule has 0 spiro atoms. The maximum absolute atomic E-state index is 12.9. The highest BCUT2D eigenvalue weighted by Gasteiger charge is 2.26. The maximum Gasteiger partial charge on any atom is 0.272 e. The van der Waals surface area contributed by atoms with Crippen LogP contribution in [0.15, 0.2) is 30.3 Å². The Morgan fingerprint density at radius 3 is 2.68 bits per heavy atom. The fraction of sp³-hybridized carbons (Fsp3) is 0.450. The Hall–Kier alpha value is -2.43. The molecule has 4 rings (SSSR count). The topological polar surface area (TPSA) is 49.3 Å². The summed E-state index contributed by atoms with van der Waals surface area (Å²) in [5, 5.41) is 0. The number of hydrogen-bond acceptors (Lipinski definition) is 4. The minimum Gasteiger partial charge on any atom is -0.337 e. The third-order valence-electron chi connectivity index (χ3n) is 5.28. The number of carbonyl (C=O) groups is 1. The van der Waals surface area contributed by atoms with Crippen molar-refractivity contribution in [2.45, 2.75) is 33.1 Å². The molecule has 2 aliphatic heterocycles. The van der Waals surface area contributed by atoms with E-state index in [4.69, 9.17) is 0 Å². The van der Waals surface area contributed by atoms with E-state index in [1.165, 1.54) is 11.3 Å². The van der Waals surface area contributed by atoms with Crippen LogP contribution in [0.3, 0.4) is 0 Å². The van der Waals surface area contributed by atoms with Crippen LogP contribution in [-0.2, 0) is 6.42 Å². The van der Waals surface area contributed by atoms with Crippen molar-refractivity contribution in [2.24, 2.45) is 5.92 Å². The molecule has 1 amide bonds. The van der Waals surface area contributed by atoms with Crippen LogP contribution in [0.25, 0.3) is 0 Å². The molecule has 25 heavy (non-hydrogen) atoms. The number of amides is 1. The van der Waals surface area contributed by atoms with E-state index in [-0.39, 0.29) is 5.91 Å². The number of hydrogen-bond donors (Lipinski definition) is 0. The number of piperidine rings is 1. The summed E-state index contributed by atoms with van der Waals surface area (Å²) in [7, 11) is 0. The fourth-order valence-electron chi connectivity index (χ4n) is 3.75. The Kier molecular flexibility index (Phi) is 4.15. The van der Waals surface area contributed by atoms with Crippen molar-refractivity contribution in [3.63, 3.8) is 0 Å². The number of aryl methyl sites for hydroxylation is 1. The predicted molar refractivity (Wildman–Crippen MR) is 98.2 cm³/mol. The number of fused-ring (bicyclic) bond motifs is 1. The van der Waals surface area contributed by atoms with E-state index in [0.717, 1.165) is 44.7 Å². The number of likely N-dealkylation sites (tertiary alicyclic amines) is 1. The molecular weight excluding hydrogens is 312 g/mol. The molecule has 1 fully saturated rings. The average molecular weight is 336 g/mol. The van der Waals surface area contributed by atoms with E-state index >= 15 is 0 Å². The predicted octanol–water partition coefficient (Wildman–Crippen LogP) is 3.35. The van der Waals surface area contributed by atoms with Crippen molar-refractivity contribution in [3.8, 4) is 0 Å². The molecule has 0 bridgehead atoms. The Balaban J connectivity index is 1.62. The van der Waals surface area contributed by atoms with E-state index in [0.29, 0.717) is 17.4 Å². The van der Waals surface area contributed by atoms with E-state index < -0.39 is 0 Å². The average Bonchev–Trinajstić information content (AvgIpc) is 3.05. The van der Waals surface area contributed by atoms with Gasteiger partial charge in [-0.3, -0.25) is 4.79 Å². The van der Waals surface area contributed by atoms with Gasteiger partial charge in [-0.25, -0.2) is 9.97 Å². The molecular formula is C20H24N4O. The summed E-state index contributed by atoms with van der Waals surface area (Å²) in [6, 6.07) is 10.2. The molecule has 0 saturated carbocycles. The van der Waals surface area contributed by atoms with Crippen LogP contribution in [0.1, 0.15) is 41.6 Å². The van der Waals surface area contributed by atoms with E-state index in [2.05, 4.69) is 40.0 Å². The van der Waals surface area contributed by atoms with Gasteiger partial charge >= 0.3 is 0 Å². The number of anilines is 2. The summed E-state index contributed by atoms with van der Waals surface area (Å²) in [5.41, 5.74) is 3.03. The first-order valence-corrected chi connectivity index (χ1v) is 9.12. The monoisotopic (exact) mass is 336 g/mol. The van der Waals surface area contributed by atoms with Gasteiger partial charge in [0.05, 0.1) is 0 Å². The van der Waals surface area contributed by atoms with Gasteiger partial charge < -0.3 is 9.80 Å². The van der Waals surface area contributed by atoms with Gasteiger partial charge in [0.1, 0.15) is 17.3 Å². The Morgan fingerprint density at radius 2 is 1.88 bits per heavy atom. The highest BCUT2D eigenvalue weighted by molar-refractivity contribution is 5.93. The molecule has 1 aromatic heterocycles. The zero-order chi connectivity index (χ0) is 17.4. The number of benzene rings is 1. The zero-order valence-electron chi connectivity index (χ0n) is 14.9. The van der Waals surface area contributed by atoms with Gasteiger partial charge in [-0.05, 0) is 43.7 Å². The third kappa shape index (κ3) is 3.11. The van der Waals surface area contributed by atoms with Crippen molar-refractivity contribution in [2.75, 3.05) is 24.5 Å². The Morgan fingerprint density at radius 1 is 1.12 bits per heavy atom. The molecule has 1 saturated heterocycles. The lowest BCUT2D eigenvalue weighted by Gasteiger charge is -2.30. The Labute approximate surface area is 148 Å². The standard InChI is InChI=1S/C20H24N4O/c1-14-7-10-23(11-8-14)20(25)17-13-19(22-15(2)21-17)24-12-9-16-5-3-4-6-18(16)24/h3-6,13-14H,7-12H2,1-2H3. The van der Waals surface area contributed by atoms with Crippen molar-refractivity contribution in [1.29, 1.82) is 0 Å². The van der Waals surface area contributed by atoms with Crippen LogP contribution in [0.5, 0.6) is 0 Å². The van der Waals surface area contributed by atoms with Gasteiger partial charge in [-0.2, -0.15) is 0 Å². The summed E-state index contributed by atoms with van der Waals surface area (Å²) < 4.78 is 0. The maximum atomic E-state index is 12.9. The van der Waals surface area contributed by atoms with Crippen LogP contribution < -0.4 is 4.90 Å². The first kappa shape index (κ1) is 16.1. The summed E-state index contributed by atoms with van der Waals surface area (Å²) >= 11 is 0. The quantitative estimate of drug-likeness (QED) is 0.844. The van der Waals surface area contributed by atoms with E-state index in [9.17, 15) is 4.79 Å². The number of carbonyl (C=O) groups excluding carboxylic acids is 1. The van der Waals surface area contributed by atoms with E-state index in [1.807, 2.05) is 24.0 Å². The first-order valence-electron chi connectivity index (χ1n) is 9.12. The molecule has 0 unspecified atom stereocenters. The lowest BCUT2D eigenvalue weighted by molar-refractivity contribution is 0.0691. The van der Waals surface area contributed by atoms with Crippen molar-refractivity contribution >= 4 is 17.4 Å². The van der Waals surface area contributed by atoms with Crippen molar-refractivity contribution in [1.82, 2.24) is 14.9 Å². The molecule has 0 radical (unpaired) electrons. The minimum absolute atomic E-state index is 0.0335. The van der Waals surface area contributed by atoms with Crippen molar-refractivity contribution < 1.29 is 4.79 Å². The van der Waals surface area contributed by atoms with E-state index in [1.54, 1.807) is 0 Å². The normalized spacial score (nSPS) is 17.7. The molecule has 3 heterocycles. The third-order valence-corrected chi connectivity index (χ3v) is 5.28. The highest BCUT2D eigenvalue weighted by atomic mass is 16.2. The second-order valence-electron chi connectivity index (χ2n) is 7.16. The first-order chi connectivity index (χ1) is 12.1. The Bertz CT molecular complexity index is 796. The molecule has 5 nitrogen and oxygen atoms in total. The smallest absolute Gasteiger partial charge is 0.272 e. The minimum atomic E-state index is 0.0335. The zero-order valence-corrected chi connectivity index (χ0v) is 14.9. The largest absolute Gasteiger partial charge is 0.337 e. The lowest BCUT2D eigenvalue weighted by atomic mass is 9.99. The number of para-hydroxylation sites is 1. The lowest BCUT2D eigenvalue weighted by Crippen LogP contribution is -2.38. The molecule has 0 N–H and O–H groups in total. The highest BCUT2D eigenvalue weighted by Crippen LogP contribution is 2.33. The van der Waals surface area contributed by atoms with Crippen LogP contribution in [0.2, 0.25) is 0 Å². The molecule has 2 aliphatic rings. The summed E-state index contributed by atoms with van der Waals surface area (Å²) in [6.45, 7) is 6.65. The molecule has 1 aromatic carbocycles. The molecule has 130 valence electrons.